The SMILES string of the molecule is NS(=O)(=O)CCCC(=O)N1CCc2c(nc(-c3cccnc3)[nH]c2=O)C1. The van der Waals surface area contributed by atoms with Gasteiger partial charge in [0.25, 0.3) is 5.56 Å². The fourth-order valence-corrected chi connectivity index (χ4v) is 3.42. The Morgan fingerprint density at radius 2 is 2.19 bits per heavy atom. The fourth-order valence-electron chi connectivity index (χ4n) is 2.87. The lowest BCUT2D eigenvalue weighted by Gasteiger charge is -2.28. The zero-order valence-electron chi connectivity index (χ0n) is 14.0. The van der Waals surface area contributed by atoms with Gasteiger partial charge in [-0.05, 0) is 25.0 Å². The average molecular weight is 377 g/mol. The normalized spacial score (nSPS) is 14.1. The first-order chi connectivity index (χ1) is 12.3. The van der Waals surface area contributed by atoms with E-state index in [9.17, 15) is 18.0 Å². The predicted molar refractivity (Wildman–Crippen MR) is 94.4 cm³/mol. The molecular weight excluding hydrogens is 358 g/mol. The molecule has 3 rings (SSSR count). The van der Waals surface area contributed by atoms with Gasteiger partial charge in [0.15, 0.2) is 0 Å². The Hall–Kier alpha value is -2.59. The summed E-state index contributed by atoms with van der Waals surface area (Å²) in [5, 5.41) is 4.95. The van der Waals surface area contributed by atoms with E-state index >= 15 is 0 Å². The van der Waals surface area contributed by atoms with E-state index in [-0.39, 0.29) is 36.6 Å². The maximum absolute atomic E-state index is 12.3. The number of carbonyl (C=O) groups is 1. The minimum absolute atomic E-state index is 0.0877. The number of rotatable bonds is 5. The Kier molecular flexibility index (Phi) is 5.14. The van der Waals surface area contributed by atoms with Crippen molar-refractivity contribution in [2.24, 2.45) is 5.14 Å². The number of hydrogen-bond donors (Lipinski definition) is 2. The van der Waals surface area contributed by atoms with Gasteiger partial charge >= 0.3 is 0 Å². The highest BCUT2D eigenvalue weighted by molar-refractivity contribution is 7.89. The smallest absolute Gasteiger partial charge is 0.254 e. The van der Waals surface area contributed by atoms with Gasteiger partial charge in [-0.1, -0.05) is 0 Å². The first-order valence-corrected chi connectivity index (χ1v) is 9.86. The molecule has 0 atom stereocenters. The molecule has 0 aliphatic carbocycles. The van der Waals surface area contributed by atoms with Gasteiger partial charge in [0.2, 0.25) is 15.9 Å². The number of sulfonamides is 1. The quantitative estimate of drug-likeness (QED) is 0.739. The topological polar surface area (TPSA) is 139 Å². The van der Waals surface area contributed by atoms with Crippen LogP contribution in [0.15, 0.2) is 29.3 Å². The number of carbonyl (C=O) groups excluding carboxylic acids is 1. The molecular formula is C16H19N5O4S. The summed E-state index contributed by atoms with van der Waals surface area (Å²) in [4.78, 5) is 37.5. The Morgan fingerprint density at radius 1 is 1.38 bits per heavy atom. The highest BCUT2D eigenvalue weighted by Gasteiger charge is 2.24. The molecule has 0 unspecified atom stereocenters. The number of fused-ring (bicyclic) bond motifs is 1. The molecule has 3 heterocycles. The molecule has 0 aromatic carbocycles. The Labute approximate surface area is 150 Å². The lowest BCUT2D eigenvalue weighted by Crippen LogP contribution is -2.39. The summed E-state index contributed by atoms with van der Waals surface area (Å²) in [6.07, 6.45) is 3.90. The number of nitrogens with two attached hydrogens (primary N) is 1. The van der Waals surface area contributed by atoms with Crippen LogP contribution in [-0.2, 0) is 27.8 Å². The molecule has 1 amide bonds. The predicted octanol–water partition coefficient (Wildman–Crippen LogP) is -0.215. The first kappa shape index (κ1) is 18.2. The van der Waals surface area contributed by atoms with Gasteiger partial charge in [0.05, 0.1) is 18.0 Å². The number of hydrogen-bond acceptors (Lipinski definition) is 6. The van der Waals surface area contributed by atoms with Crippen LogP contribution in [-0.4, -0.2) is 46.5 Å². The minimum Gasteiger partial charge on any atom is -0.336 e. The van der Waals surface area contributed by atoms with Gasteiger partial charge in [-0.2, -0.15) is 0 Å². The summed E-state index contributed by atoms with van der Waals surface area (Å²) in [5.74, 6) is 0.00127. The van der Waals surface area contributed by atoms with Crippen molar-refractivity contribution in [2.75, 3.05) is 12.3 Å². The van der Waals surface area contributed by atoms with Crippen LogP contribution in [0.2, 0.25) is 0 Å². The molecule has 2 aromatic rings. The number of H-pyrrole nitrogens is 1. The van der Waals surface area contributed by atoms with Crippen molar-refractivity contribution in [1.29, 1.82) is 0 Å². The summed E-state index contributed by atoms with van der Waals surface area (Å²) in [5.41, 5.74) is 1.60. The second-order valence-electron chi connectivity index (χ2n) is 6.12. The summed E-state index contributed by atoms with van der Waals surface area (Å²) < 4.78 is 21.9. The maximum Gasteiger partial charge on any atom is 0.254 e. The van der Waals surface area contributed by atoms with E-state index in [2.05, 4.69) is 15.0 Å². The van der Waals surface area contributed by atoms with Crippen LogP contribution < -0.4 is 10.7 Å². The first-order valence-electron chi connectivity index (χ1n) is 8.14. The molecule has 26 heavy (non-hydrogen) atoms. The summed E-state index contributed by atoms with van der Waals surface area (Å²) in [7, 11) is -3.58. The number of amides is 1. The zero-order valence-corrected chi connectivity index (χ0v) is 14.8. The minimum atomic E-state index is -3.58. The van der Waals surface area contributed by atoms with Gasteiger partial charge in [0, 0.05) is 36.5 Å². The Balaban J connectivity index is 1.76. The summed E-state index contributed by atoms with van der Waals surface area (Å²) in [6, 6.07) is 3.53. The summed E-state index contributed by atoms with van der Waals surface area (Å²) in [6.45, 7) is 0.624. The lowest BCUT2D eigenvalue weighted by molar-refractivity contribution is -0.132. The number of aromatic amines is 1. The molecule has 1 aliphatic heterocycles. The van der Waals surface area contributed by atoms with Crippen LogP contribution in [0.4, 0.5) is 0 Å². The second kappa shape index (κ2) is 7.34. The van der Waals surface area contributed by atoms with Crippen molar-refractivity contribution in [3.63, 3.8) is 0 Å². The molecule has 0 saturated heterocycles. The van der Waals surface area contributed by atoms with Gasteiger partial charge < -0.3 is 9.88 Å². The van der Waals surface area contributed by atoms with E-state index in [1.807, 2.05) is 0 Å². The monoisotopic (exact) mass is 377 g/mol. The lowest BCUT2D eigenvalue weighted by atomic mass is 10.1. The maximum atomic E-state index is 12.3. The van der Waals surface area contributed by atoms with Gasteiger partial charge in [-0.3, -0.25) is 14.6 Å². The third-order valence-electron chi connectivity index (χ3n) is 4.18. The zero-order chi connectivity index (χ0) is 18.7. The van der Waals surface area contributed by atoms with Crippen molar-refractivity contribution in [1.82, 2.24) is 19.9 Å². The van der Waals surface area contributed by atoms with Crippen molar-refractivity contribution < 1.29 is 13.2 Å². The third-order valence-corrected chi connectivity index (χ3v) is 5.04. The molecule has 0 fully saturated rings. The van der Waals surface area contributed by atoms with Crippen LogP contribution in [0.25, 0.3) is 11.4 Å². The molecule has 1 aliphatic rings. The van der Waals surface area contributed by atoms with Crippen molar-refractivity contribution in [2.45, 2.75) is 25.8 Å². The van der Waals surface area contributed by atoms with Gasteiger partial charge in [0.1, 0.15) is 5.82 Å². The number of primary sulfonamides is 1. The second-order valence-corrected chi connectivity index (χ2v) is 7.85. The van der Waals surface area contributed by atoms with E-state index in [4.69, 9.17) is 5.14 Å². The van der Waals surface area contributed by atoms with Gasteiger partial charge in [-0.25, -0.2) is 18.5 Å². The number of nitrogens with zero attached hydrogens (tertiary/aromatic N) is 3. The van der Waals surface area contributed by atoms with Crippen LogP contribution >= 0.6 is 0 Å². The van der Waals surface area contributed by atoms with Crippen molar-refractivity contribution in [3.8, 4) is 11.4 Å². The molecule has 138 valence electrons. The molecule has 9 nitrogen and oxygen atoms in total. The van der Waals surface area contributed by atoms with Crippen LogP contribution in [0.5, 0.6) is 0 Å². The van der Waals surface area contributed by atoms with E-state index in [1.54, 1.807) is 29.4 Å². The molecule has 0 radical (unpaired) electrons. The van der Waals surface area contributed by atoms with Crippen molar-refractivity contribution in [3.05, 3.63) is 46.1 Å². The van der Waals surface area contributed by atoms with Crippen molar-refractivity contribution >= 4 is 15.9 Å². The highest BCUT2D eigenvalue weighted by Crippen LogP contribution is 2.18. The van der Waals surface area contributed by atoms with E-state index in [1.165, 1.54) is 0 Å². The van der Waals surface area contributed by atoms with E-state index in [0.717, 1.165) is 0 Å². The Bertz CT molecular complexity index is 972. The van der Waals surface area contributed by atoms with E-state index < -0.39 is 10.0 Å². The number of aromatic nitrogens is 3. The van der Waals surface area contributed by atoms with Crippen LogP contribution in [0.3, 0.4) is 0 Å². The molecule has 3 N–H and O–H groups in total. The molecule has 0 spiro atoms. The van der Waals surface area contributed by atoms with Gasteiger partial charge in [-0.15, -0.1) is 0 Å². The Morgan fingerprint density at radius 3 is 2.88 bits per heavy atom. The van der Waals surface area contributed by atoms with E-state index in [0.29, 0.717) is 35.6 Å². The fraction of sp³-hybridized carbons (Fsp3) is 0.375. The average Bonchev–Trinajstić information content (AvgIpc) is 2.60. The molecule has 2 aromatic heterocycles. The molecule has 0 saturated carbocycles. The van der Waals surface area contributed by atoms with Crippen LogP contribution in [0.1, 0.15) is 24.1 Å². The molecule has 0 bridgehead atoms. The third kappa shape index (κ3) is 4.33. The largest absolute Gasteiger partial charge is 0.336 e. The number of nitrogens with one attached hydrogen (secondary N) is 1. The summed E-state index contributed by atoms with van der Waals surface area (Å²) >= 11 is 0. The highest BCUT2D eigenvalue weighted by atomic mass is 32.2. The standard InChI is InChI=1S/C16H19N5O4S/c17-26(24,25)8-2-4-14(22)21-7-5-12-13(10-21)19-15(20-16(12)23)11-3-1-6-18-9-11/h1,3,6,9H,2,4-5,7-8,10H2,(H2,17,24,25)(H,19,20,23). The number of pyridine rings is 1. The van der Waals surface area contributed by atoms with Crippen LogP contribution in [0, 0.1) is 0 Å². The molecule has 10 heteroatoms.